The molecule has 2 aliphatic rings. The Balaban J connectivity index is 0.000000143. The van der Waals surface area contributed by atoms with Gasteiger partial charge in [0.25, 0.3) is 0 Å². The van der Waals surface area contributed by atoms with E-state index in [0.29, 0.717) is 0 Å². The maximum absolute atomic E-state index is 6.87. The number of rotatable bonds is 12. The Morgan fingerprint density at radius 2 is 0.529 bits per heavy atom. The van der Waals surface area contributed by atoms with Crippen molar-refractivity contribution in [2.45, 2.75) is 24.7 Å². The average molecular weight is 1330 g/mol. The minimum Gasteiger partial charge on any atom is -0.454 e. The van der Waals surface area contributed by atoms with Gasteiger partial charge < -0.3 is 18.6 Å². The van der Waals surface area contributed by atoms with Gasteiger partial charge in [-0.15, -0.1) is 0 Å². The van der Waals surface area contributed by atoms with E-state index in [2.05, 4.69) is 412 Å². The van der Waals surface area contributed by atoms with E-state index in [1.165, 1.54) is 77.9 Å². The lowest BCUT2D eigenvalue weighted by molar-refractivity contribution is 0.665. The van der Waals surface area contributed by atoms with Crippen LogP contribution in [0.25, 0.3) is 88.4 Å². The second kappa shape index (κ2) is 25.4. The number of benzene rings is 16. The predicted molar refractivity (Wildman–Crippen MR) is 432 cm³/mol. The van der Waals surface area contributed by atoms with E-state index in [1.54, 1.807) is 0 Å². The van der Waals surface area contributed by atoms with Crippen LogP contribution in [0.3, 0.4) is 0 Å². The number of furan rings is 2. The molecule has 2 aliphatic carbocycles. The van der Waals surface area contributed by atoms with Crippen molar-refractivity contribution in [2.75, 3.05) is 9.80 Å². The van der Waals surface area contributed by atoms with Crippen molar-refractivity contribution in [1.82, 2.24) is 0 Å². The molecule has 0 bridgehead atoms. The molecule has 0 saturated heterocycles. The van der Waals surface area contributed by atoms with E-state index in [0.717, 1.165) is 100 Å². The first-order valence-electron chi connectivity index (χ1n) is 35.9. The summed E-state index contributed by atoms with van der Waals surface area (Å²) in [6.45, 7) is 4.24. The van der Waals surface area contributed by atoms with E-state index in [9.17, 15) is 0 Å². The Hall–Kier alpha value is -13.3. The highest BCUT2D eigenvalue weighted by Gasteiger charge is 2.48. The molecule has 0 saturated carbocycles. The fourth-order valence-electron chi connectivity index (χ4n) is 17.2. The molecule has 16 aromatic carbocycles. The van der Waals surface area contributed by atoms with Gasteiger partial charge in [-0.25, -0.2) is 0 Å². The fourth-order valence-corrected chi connectivity index (χ4v) is 17.2. The second-order valence-electron chi connectivity index (χ2n) is 27.4. The Morgan fingerprint density at radius 1 is 0.212 bits per heavy atom. The van der Waals surface area contributed by atoms with Crippen LogP contribution in [0.15, 0.2) is 397 Å². The maximum atomic E-state index is 6.87. The van der Waals surface area contributed by atoms with Gasteiger partial charge in [-0.3, -0.25) is 0 Å². The first-order chi connectivity index (χ1) is 51.4. The fraction of sp³-hybridized carbons (Fsp3) is 0.0400. The number of hydrogen-bond acceptors (Lipinski definition) is 4. The molecule has 0 unspecified atom stereocenters. The van der Waals surface area contributed by atoms with Crippen molar-refractivity contribution >= 4 is 78.0 Å². The van der Waals surface area contributed by atoms with Crippen LogP contribution in [-0.2, 0) is 10.8 Å². The zero-order valence-corrected chi connectivity index (χ0v) is 57.7. The monoisotopic (exact) mass is 1330 g/mol. The Labute approximate surface area is 605 Å². The summed E-state index contributed by atoms with van der Waals surface area (Å²) in [5.41, 5.74) is 31.0. The van der Waals surface area contributed by atoms with Crippen molar-refractivity contribution in [1.29, 1.82) is 0 Å². The molecule has 0 radical (unpaired) electrons. The van der Waals surface area contributed by atoms with E-state index < -0.39 is 10.8 Å². The zero-order valence-electron chi connectivity index (χ0n) is 57.7. The normalized spacial score (nSPS) is 12.9. The van der Waals surface area contributed by atoms with E-state index in [-0.39, 0.29) is 0 Å². The van der Waals surface area contributed by atoms with Crippen LogP contribution >= 0.6 is 0 Å². The number of aryl methyl sites for hydroxylation is 2. The van der Waals surface area contributed by atoms with Gasteiger partial charge in [0.05, 0.1) is 27.9 Å². The van der Waals surface area contributed by atoms with Gasteiger partial charge in [-0.2, -0.15) is 0 Å². The van der Waals surface area contributed by atoms with Crippen LogP contribution in [0, 0.1) is 13.8 Å². The highest BCUT2D eigenvalue weighted by Crippen LogP contribution is 2.60. The van der Waals surface area contributed by atoms with Gasteiger partial charge >= 0.3 is 0 Å². The molecule has 0 aliphatic heterocycles. The van der Waals surface area contributed by atoms with Crippen molar-refractivity contribution in [3.05, 3.63) is 444 Å². The van der Waals surface area contributed by atoms with Crippen molar-refractivity contribution in [2.24, 2.45) is 0 Å². The van der Waals surface area contributed by atoms with Crippen LogP contribution < -0.4 is 9.80 Å². The molecule has 4 heteroatoms. The largest absolute Gasteiger partial charge is 0.454 e. The molecule has 0 N–H and O–H groups in total. The van der Waals surface area contributed by atoms with Crippen molar-refractivity contribution in [3.8, 4) is 44.5 Å². The van der Waals surface area contributed by atoms with Crippen molar-refractivity contribution in [3.63, 3.8) is 0 Å². The summed E-state index contributed by atoms with van der Waals surface area (Å²) >= 11 is 0. The molecule has 0 atom stereocenters. The van der Waals surface area contributed by atoms with Crippen LogP contribution in [0.2, 0.25) is 0 Å². The number of nitrogens with zero attached hydrogens (tertiary/aromatic N) is 2. The summed E-state index contributed by atoms with van der Waals surface area (Å²) in [6.07, 6.45) is 0. The Morgan fingerprint density at radius 3 is 0.981 bits per heavy atom. The summed E-state index contributed by atoms with van der Waals surface area (Å²) in [6, 6.07) is 141. The van der Waals surface area contributed by atoms with Crippen molar-refractivity contribution < 1.29 is 8.83 Å². The number of para-hydroxylation sites is 5. The SMILES string of the molecule is Cc1cccc2c1oc1c(N(c3ccc(-c4ccccc4)cc3)c3ccc4c(c3)C(c3ccccc3)(c3ccccc3)c3ccccc3-4)cccc12.Cc1cccc2c1oc1c(N(c3ccc4c(c3)C(c3ccccc3)(c3ccccc3)c3ccccc3-4)c3ccccc3-c3ccccc3)cccc12. The minimum absolute atomic E-state index is 0.504. The number of anilines is 6. The van der Waals surface area contributed by atoms with E-state index in [4.69, 9.17) is 8.83 Å². The quantitative estimate of drug-likeness (QED) is 0.122. The highest BCUT2D eigenvalue weighted by atomic mass is 16.3. The van der Waals surface area contributed by atoms with Gasteiger partial charge in [0.2, 0.25) is 0 Å². The average Bonchev–Trinajstić information content (AvgIpc) is 1.53. The number of hydrogen-bond donors (Lipinski definition) is 0. The molecule has 492 valence electrons. The summed E-state index contributed by atoms with van der Waals surface area (Å²) in [5.74, 6) is 0. The summed E-state index contributed by atoms with van der Waals surface area (Å²) in [4.78, 5) is 4.78. The topological polar surface area (TPSA) is 32.8 Å². The third-order valence-corrected chi connectivity index (χ3v) is 21.7. The van der Waals surface area contributed by atoms with Gasteiger partial charge in [0, 0.05) is 44.2 Å². The lowest BCUT2D eigenvalue weighted by atomic mass is 9.67. The third kappa shape index (κ3) is 9.82. The Kier molecular flexibility index (Phi) is 15.1. The van der Waals surface area contributed by atoms with Crippen LogP contribution in [0.5, 0.6) is 0 Å². The highest BCUT2D eigenvalue weighted by molar-refractivity contribution is 6.13. The van der Waals surface area contributed by atoms with Crippen LogP contribution in [-0.4, -0.2) is 0 Å². The van der Waals surface area contributed by atoms with Crippen LogP contribution in [0.4, 0.5) is 34.1 Å². The molecule has 0 fully saturated rings. The molecular weight excluding hydrogens is 1260 g/mol. The molecule has 2 aromatic heterocycles. The van der Waals surface area contributed by atoms with Gasteiger partial charge in [0.15, 0.2) is 11.2 Å². The lowest BCUT2D eigenvalue weighted by Gasteiger charge is -2.35. The summed E-state index contributed by atoms with van der Waals surface area (Å²) in [7, 11) is 0. The van der Waals surface area contributed by atoms with E-state index in [1.807, 2.05) is 0 Å². The molecule has 0 amide bonds. The predicted octanol–water partition coefficient (Wildman–Crippen LogP) is 26.8. The lowest BCUT2D eigenvalue weighted by Crippen LogP contribution is -2.28. The molecule has 18 aromatic rings. The smallest absolute Gasteiger partial charge is 0.159 e. The maximum Gasteiger partial charge on any atom is 0.159 e. The van der Waals surface area contributed by atoms with Gasteiger partial charge in [0.1, 0.15) is 11.2 Å². The molecule has 0 spiro atoms. The minimum atomic E-state index is -0.516. The van der Waals surface area contributed by atoms with Gasteiger partial charge in [-0.05, 0) is 163 Å². The van der Waals surface area contributed by atoms with Gasteiger partial charge in [-0.1, -0.05) is 334 Å². The second-order valence-corrected chi connectivity index (χ2v) is 27.4. The van der Waals surface area contributed by atoms with E-state index >= 15 is 0 Å². The number of fused-ring (bicyclic) bond motifs is 12. The molecule has 104 heavy (non-hydrogen) atoms. The molecule has 2 heterocycles. The third-order valence-electron chi connectivity index (χ3n) is 21.7. The van der Waals surface area contributed by atoms with Crippen LogP contribution in [0.1, 0.15) is 55.6 Å². The summed E-state index contributed by atoms with van der Waals surface area (Å²) in [5, 5.41) is 4.48. The molecule has 4 nitrogen and oxygen atoms in total. The molecule has 20 rings (SSSR count). The first kappa shape index (κ1) is 61.8. The first-order valence-corrected chi connectivity index (χ1v) is 35.9. The molecular formula is C100H70N2O2. The Bertz CT molecular complexity index is 6160. The summed E-state index contributed by atoms with van der Waals surface area (Å²) < 4.78 is 13.7. The standard InChI is InChI=1S/2C50H35NO/c1-34-17-15-26-42-43-27-16-30-47(49(43)52-48(34)42)51(46-29-14-12-24-39(46)35-18-5-2-6-19-35)38-31-32-41-40-25-11-13-28-44(40)50(45(41)33-38,36-20-7-3-8-21-36)37-22-9-4-10-23-37;1-34-15-13-23-43-44-24-14-26-47(49(44)52-48(34)43)51(39-29-27-36(28-30-39)35-16-5-2-6-17-35)40-31-32-42-41-22-11-12-25-45(41)50(46(42)33-40,37-18-7-3-8-19-37)38-20-9-4-10-21-38/h2*2-33H,1H3. The zero-order chi connectivity index (χ0) is 69.3.